The number of fused-ring (bicyclic) bond motifs is 1. The Balaban J connectivity index is 1.98. The lowest BCUT2D eigenvalue weighted by Crippen LogP contribution is -2.36. The van der Waals surface area contributed by atoms with Crippen molar-refractivity contribution < 1.29 is 14.3 Å². The highest BCUT2D eigenvalue weighted by Crippen LogP contribution is 2.32. The number of benzene rings is 2. The van der Waals surface area contributed by atoms with Crippen molar-refractivity contribution in [1.82, 2.24) is 9.88 Å². The smallest absolute Gasteiger partial charge is 0.260 e. The average Bonchev–Trinajstić information content (AvgIpc) is 3.10. The first-order valence-corrected chi connectivity index (χ1v) is 9.39. The number of carbonyl (C=O) groups is 1. The zero-order chi connectivity index (χ0) is 19.4. The molecular formula is C20H23N3O3S. The van der Waals surface area contributed by atoms with Crippen molar-refractivity contribution in [3.8, 4) is 11.5 Å². The van der Waals surface area contributed by atoms with E-state index in [2.05, 4.69) is 4.98 Å². The van der Waals surface area contributed by atoms with Gasteiger partial charge in [0.15, 0.2) is 16.6 Å². The number of rotatable bonds is 7. The van der Waals surface area contributed by atoms with Crippen LogP contribution in [0.25, 0.3) is 10.2 Å². The number of anilines is 1. The molecule has 27 heavy (non-hydrogen) atoms. The van der Waals surface area contributed by atoms with E-state index in [0.717, 1.165) is 16.8 Å². The van der Waals surface area contributed by atoms with Crippen LogP contribution in [0.15, 0.2) is 42.5 Å². The zero-order valence-corrected chi connectivity index (χ0v) is 16.7. The van der Waals surface area contributed by atoms with Crippen LogP contribution < -0.4 is 14.4 Å². The Kier molecular flexibility index (Phi) is 5.93. The summed E-state index contributed by atoms with van der Waals surface area (Å²) in [4.78, 5) is 21.7. The second kappa shape index (κ2) is 8.37. The van der Waals surface area contributed by atoms with E-state index < -0.39 is 0 Å². The van der Waals surface area contributed by atoms with Crippen LogP contribution in [-0.2, 0) is 0 Å². The minimum absolute atomic E-state index is 0.114. The molecule has 2 aromatic carbocycles. The molecule has 1 heterocycles. The predicted octanol–water partition coefficient (Wildman–Crippen LogP) is 3.52. The second-order valence-corrected chi connectivity index (χ2v) is 7.30. The topological polar surface area (TPSA) is 54.9 Å². The lowest BCUT2D eigenvalue weighted by molar-refractivity contribution is 0.0985. The maximum atomic E-state index is 13.3. The molecule has 0 saturated heterocycles. The molecular weight excluding hydrogens is 362 g/mol. The molecule has 0 fully saturated rings. The van der Waals surface area contributed by atoms with Crippen molar-refractivity contribution in [3.05, 3.63) is 48.0 Å². The zero-order valence-electron chi connectivity index (χ0n) is 15.9. The number of hydrogen-bond donors (Lipinski definition) is 0. The fraction of sp³-hybridized carbons (Fsp3) is 0.300. The number of methoxy groups -OCH3 is 2. The molecule has 0 saturated carbocycles. The molecule has 0 aliphatic heterocycles. The summed E-state index contributed by atoms with van der Waals surface area (Å²) in [5.41, 5.74) is 1.43. The van der Waals surface area contributed by atoms with E-state index in [9.17, 15) is 4.79 Å². The van der Waals surface area contributed by atoms with Crippen molar-refractivity contribution in [3.63, 3.8) is 0 Å². The SMILES string of the molecule is COc1ccc(C(=O)N(CCN(C)C)c2nc3ccccc3s2)cc1OC. The summed E-state index contributed by atoms with van der Waals surface area (Å²) in [6.45, 7) is 1.27. The Morgan fingerprint density at radius 2 is 1.78 bits per heavy atom. The minimum atomic E-state index is -0.114. The van der Waals surface area contributed by atoms with Gasteiger partial charge < -0.3 is 14.4 Å². The fourth-order valence-corrected chi connectivity index (χ4v) is 3.67. The number of amides is 1. The van der Waals surface area contributed by atoms with E-state index in [1.165, 1.54) is 11.3 Å². The lowest BCUT2D eigenvalue weighted by atomic mass is 10.1. The largest absolute Gasteiger partial charge is 0.493 e. The molecule has 0 unspecified atom stereocenters. The summed E-state index contributed by atoms with van der Waals surface area (Å²) in [5, 5.41) is 0.692. The number of likely N-dealkylation sites (N-methyl/N-ethyl adjacent to an activating group) is 1. The van der Waals surface area contributed by atoms with Crippen LogP contribution >= 0.6 is 11.3 Å². The summed E-state index contributed by atoms with van der Waals surface area (Å²) >= 11 is 1.52. The van der Waals surface area contributed by atoms with Crippen LogP contribution in [0.4, 0.5) is 5.13 Å². The number of ether oxygens (including phenoxy) is 2. The Bertz CT molecular complexity index is 906. The summed E-state index contributed by atoms with van der Waals surface area (Å²) in [5.74, 6) is 1.01. The highest BCUT2D eigenvalue weighted by atomic mass is 32.1. The highest BCUT2D eigenvalue weighted by molar-refractivity contribution is 7.22. The molecule has 3 aromatic rings. The average molecular weight is 385 g/mol. The molecule has 1 aromatic heterocycles. The van der Waals surface area contributed by atoms with Gasteiger partial charge in [0, 0.05) is 18.7 Å². The summed E-state index contributed by atoms with van der Waals surface area (Å²) < 4.78 is 11.7. The van der Waals surface area contributed by atoms with Crippen LogP contribution in [0.3, 0.4) is 0 Å². The van der Waals surface area contributed by atoms with Gasteiger partial charge in [-0.2, -0.15) is 0 Å². The van der Waals surface area contributed by atoms with Crippen molar-refractivity contribution in [2.24, 2.45) is 0 Å². The first-order chi connectivity index (χ1) is 13.0. The molecule has 142 valence electrons. The summed E-state index contributed by atoms with van der Waals surface area (Å²) in [6, 6.07) is 13.1. The quantitative estimate of drug-likeness (QED) is 0.623. The van der Waals surface area contributed by atoms with Gasteiger partial charge in [0.05, 0.1) is 24.4 Å². The molecule has 0 aliphatic rings. The van der Waals surface area contributed by atoms with Gasteiger partial charge in [-0.25, -0.2) is 4.98 Å². The van der Waals surface area contributed by atoms with Crippen molar-refractivity contribution in [2.45, 2.75) is 0 Å². The van der Waals surface area contributed by atoms with Crippen LogP contribution in [-0.4, -0.2) is 57.2 Å². The van der Waals surface area contributed by atoms with E-state index in [-0.39, 0.29) is 5.91 Å². The van der Waals surface area contributed by atoms with Crippen LogP contribution in [0.2, 0.25) is 0 Å². The lowest BCUT2D eigenvalue weighted by Gasteiger charge is -2.22. The number of aromatic nitrogens is 1. The van der Waals surface area contributed by atoms with Gasteiger partial charge in [-0.1, -0.05) is 23.5 Å². The standard InChI is InChI=1S/C20H23N3O3S/c1-22(2)11-12-23(20-21-15-7-5-6-8-18(15)27-20)19(24)14-9-10-16(25-3)17(13-14)26-4/h5-10,13H,11-12H2,1-4H3. The van der Waals surface area contributed by atoms with Crippen LogP contribution in [0.5, 0.6) is 11.5 Å². The fourth-order valence-electron chi connectivity index (χ4n) is 2.68. The summed E-state index contributed by atoms with van der Waals surface area (Å²) in [6.07, 6.45) is 0. The molecule has 0 aliphatic carbocycles. The molecule has 0 atom stereocenters. The summed E-state index contributed by atoms with van der Waals surface area (Å²) in [7, 11) is 7.10. The number of nitrogens with zero attached hydrogens (tertiary/aromatic N) is 3. The van der Waals surface area contributed by atoms with Crippen molar-refractivity contribution >= 4 is 32.6 Å². The third-order valence-corrected chi connectivity index (χ3v) is 5.22. The van der Waals surface area contributed by atoms with Crippen molar-refractivity contribution in [1.29, 1.82) is 0 Å². The maximum absolute atomic E-state index is 13.3. The Hall–Kier alpha value is -2.64. The molecule has 3 rings (SSSR count). The van der Waals surface area contributed by atoms with Crippen molar-refractivity contribution in [2.75, 3.05) is 46.3 Å². The number of thiazole rings is 1. The van der Waals surface area contributed by atoms with Crippen LogP contribution in [0.1, 0.15) is 10.4 Å². The number of carbonyl (C=O) groups excluding carboxylic acids is 1. The Morgan fingerprint density at radius 3 is 2.44 bits per heavy atom. The Morgan fingerprint density at radius 1 is 1.04 bits per heavy atom. The number of hydrogen-bond acceptors (Lipinski definition) is 6. The van der Waals surface area contributed by atoms with E-state index in [0.29, 0.717) is 28.7 Å². The molecule has 7 heteroatoms. The number of para-hydroxylation sites is 1. The molecule has 1 amide bonds. The molecule has 0 N–H and O–H groups in total. The van der Waals surface area contributed by atoms with Gasteiger partial charge >= 0.3 is 0 Å². The molecule has 0 spiro atoms. The van der Waals surface area contributed by atoms with Gasteiger partial charge in [-0.3, -0.25) is 9.69 Å². The predicted molar refractivity (Wildman–Crippen MR) is 109 cm³/mol. The molecule has 6 nitrogen and oxygen atoms in total. The van der Waals surface area contributed by atoms with Gasteiger partial charge in [0.25, 0.3) is 5.91 Å². The van der Waals surface area contributed by atoms with E-state index >= 15 is 0 Å². The first kappa shape index (κ1) is 19.1. The van der Waals surface area contributed by atoms with E-state index in [1.807, 2.05) is 43.3 Å². The monoisotopic (exact) mass is 385 g/mol. The third kappa shape index (κ3) is 4.20. The molecule has 0 radical (unpaired) electrons. The van der Waals surface area contributed by atoms with Gasteiger partial charge in [0.2, 0.25) is 0 Å². The van der Waals surface area contributed by atoms with Gasteiger partial charge in [0.1, 0.15) is 0 Å². The van der Waals surface area contributed by atoms with E-state index in [1.54, 1.807) is 37.3 Å². The maximum Gasteiger partial charge on any atom is 0.260 e. The third-order valence-electron chi connectivity index (χ3n) is 4.16. The highest BCUT2D eigenvalue weighted by Gasteiger charge is 2.22. The van der Waals surface area contributed by atoms with Gasteiger partial charge in [-0.05, 0) is 44.4 Å². The van der Waals surface area contributed by atoms with Crippen LogP contribution in [0, 0.1) is 0 Å². The normalized spacial score (nSPS) is 11.0. The second-order valence-electron chi connectivity index (χ2n) is 6.29. The molecule has 0 bridgehead atoms. The van der Waals surface area contributed by atoms with Gasteiger partial charge in [-0.15, -0.1) is 0 Å². The Labute approximate surface area is 162 Å². The minimum Gasteiger partial charge on any atom is -0.493 e. The first-order valence-electron chi connectivity index (χ1n) is 8.57. The van der Waals surface area contributed by atoms with E-state index in [4.69, 9.17) is 9.47 Å².